The van der Waals surface area contributed by atoms with Crippen LogP contribution in [0.25, 0.3) is 0 Å². The second-order valence-electron chi connectivity index (χ2n) is 4.12. The van der Waals surface area contributed by atoms with Crippen LogP contribution in [-0.2, 0) is 4.79 Å². The summed E-state index contributed by atoms with van der Waals surface area (Å²) in [7, 11) is 0. The van der Waals surface area contributed by atoms with Gasteiger partial charge in [-0.15, -0.1) is 0 Å². The largest absolute Gasteiger partial charge is 0.346 e. The van der Waals surface area contributed by atoms with Crippen LogP contribution in [0.4, 0.5) is 5.13 Å². The molecule has 2 heterocycles. The Labute approximate surface area is 93.5 Å². The summed E-state index contributed by atoms with van der Waals surface area (Å²) in [4.78, 5) is 17.7. The zero-order valence-corrected chi connectivity index (χ0v) is 9.88. The number of nitrogens with zero attached hydrogens (tertiary/aromatic N) is 3. The van der Waals surface area contributed by atoms with Crippen molar-refractivity contribution in [2.75, 3.05) is 18.0 Å². The average Bonchev–Trinajstić information content (AvgIpc) is 2.68. The third-order valence-corrected chi connectivity index (χ3v) is 3.33. The summed E-state index contributed by atoms with van der Waals surface area (Å²) in [6.45, 7) is 5.77. The Morgan fingerprint density at radius 1 is 1.33 bits per heavy atom. The predicted octanol–water partition coefficient (Wildman–Crippen LogP) is 1.83. The molecule has 2 rings (SSSR count). The van der Waals surface area contributed by atoms with Crippen molar-refractivity contribution in [2.24, 2.45) is 0 Å². The van der Waals surface area contributed by atoms with E-state index >= 15 is 0 Å². The van der Waals surface area contributed by atoms with Gasteiger partial charge in [-0.25, -0.2) is 4.98 Å². The average molecular weight is 225 g/mol. The van der Waals surface area contributed by atoms with Crippen molar-refractivity contribution in [2.45, 2.75) is 32.6 Å². The van der Waals surface area contributed by atoms with Gasteiger partial charge in [0, 0.05) is 43.4 Å². The molecule has 0 saturated carbocycles. The number of anilines is 1. The molecule has 1 saturated heterocycles. The Morgan fingerprint density at radius 3 is 2.53 bits per heavy atom. The lowest BCUT2D eigenvalue weighted by Crippen LogP contribution is -2.33. The molecule has 0 N–H and O–H groups in total. The number of hydrogen-bond donors (Lipinski definition) is 0. The third-order valence-electron chi connectivity index (χ3n) is 2.54. The monoisotopic (exact) mass is 225 g/mol. The second-order valence-corrected chi connectivity index (χ2v) is 4.85. The van der Waals surface area contributed by atoms with Crippen LogP contribution in [0.1, 0.15) is 38.4 Å². The Bertz CT molecular complexity index is 351. The highest BCUT2D eigenvalue weighted by Crippen LogP contribution is 2.23. The standard InChI is InChI=1S/C10H15N3OS/c1-7(2)9-11-10(15-12-9)13-5-3-8(14)4-6-13/h7H,3-6H2,1-2H3. The minimum absolute atomic E-state index is 0.361. The van der Waals surface area contributed by atoms with Gasteiger partial charge in [0.25, 0.3) is 0 Å². The fourth-order valence-electron chi connectivity index (χ4n) is 1.54. The van der Waals surface area contributed by atoms with Gasteiger partial charge in [-0.05, 0) is 0 Å². The predicted molar refractivity (Wildman–Crippen MR) is 60.5 cm³/mol. The molecule has 5 heteroatoms. The van der Waals surface area contributed by atoms with E-state index in [1.807, 2.05) is 0 Å². The highest BCUT2D eigenvalue weighted by molar-refractivity contribution is 7.09. The maximum absolute atomic E-state index is 11.1. The molecule has 0 amide bonds. The zero-order chi connectivity index (χ0) is 10.8. The topological polar surface area (TPSA) is 46.1 Å². The number of hydrogen-bond acceptors (Lipinski definition) is 5. The molecule has 0 spiro atoms. The summed E-state index contributed by atoms with van der Waals surface area (Å²) in [5, 5.41) is 0.964. The first-order valence-electron chi connectivity index (χ1n) is 5.27. The van der Waals surface area contributed by atoms with Crippen molar-refractivity contribution in [1.29, 1.82) is 0 Å². The van der Waals surface area contributed by atoms with E-state index in [0.29, 0.717) is 24.5 Å². The van der Waals surface area contributed by atoms with E-state index in [1.54, 1.807) is 0 Å². The normalized spacial score (nSPS) is 17.5. The first-order chi connectivity index (χ1) is 7.16. The molecular formula is C10H15N3OS. The van der Waals surface area contributed by atoms with Crippen LogP contribution in [0.5, 0.6) is 0 Å². The van der Waals surface area contributed by atoms with E-state index in [-0.39, 0.29) is 0 Å². The van der Waals surface area contributed by atoms with Crippen LogP contribution >= 0.6 is 11.5 Å². The lowest BCUT2D eigenvalue weighted by atomic mass is 10.1. The van der Waals surface area contributed by atoms with E-state index in [1.165, 1.54) is 11.5 Å². The fraction of sp³-hybridized carbons (Fsp3) is 0.700. The van der Waals surface area contributed by atoms with E-state index < -0.39 is 0 Å². The number of rotatable bonds is 2. The van der Waals surface area contributed by atoms with E-state index in [2.05, 4.69) is 28.1 Å². The van der Waals surface area contributed by atoms with Gasteiger partial charge in [-0.2, -0.15) is 4.37 Å². The van der Waals surface area contributed by atoms with Gasteiger partial charge in [0.2, 0.25) is 5.13 Å². The molecule has 4 nitrogen and oxygen atoms in total. The quantitative estimate of drug-likeness (QED) is 0.770. The minimum Gasteiger partial charge on any atom is -0.346 e. The molecule has 1 aliphatic rings. The number of Topliss-reactive ketones (excluding diaryl/α,β-unsaturated/α-hetero) is 1. The highest BCUT2D eigenvalue weighted by atomic mass is 32.1. The third kappa shape index (κ3) is 2.34. The van der Waals surface area contributed by atoms with Gasteiger partial charge < -0.3 is 4.90 Å². The van der Waals surface area contributed by atoms with Gasteiger partial charge in [-0.1, -0.05) is 13.8 Å². The van der Waals surface area contributed by atoms with E-state index in [9.17, 15) is 4.79 Å². The molecule has 0 atom stereocenters. The molecule has 0 aliphatic carbocycles. The Hall–Kier alpha value is -0.970. The maximum Gasteiger partial charge on any atom is 0.205 e. The van der Waals surface area contributed by atoms with Crippen molar-refractivity contribution in [3.05, 3.63) is 5.82 Å². The number of ketones is 1. The minimum atomic E-state index is 0.361. The second kappa shape index (κ2) is 4.26. The van der Waals surface area contributed by atoms with Crippen molar-refractivity contribution in [3.8, 4) is 0 Å². The van der Waals surface area contributed by atoms with Crippen LogP contribution in [-0.4, -0.2) is 28.2 Å². The van der Waals surface area contributed by atoms with Crippen LogP contribution in [0.15, 0.2) is 0 Å². The van der Waals surface area contributed by atoms with Crippen molar-refractivity contribution in [1.82, 2.24) is 9.36 Å². The molecular weight excluding hydrogens is 210 g/mol. The Balaban J connectivity index is 2.06. The molecule has 82 valence electrons. The molecule has 1 aliphatic heterocycles. The number of carbonyl (C=O) groups excluding carboxylic acids is 1. The molecule has 1 aromatic rings. The van der Waals surface area contributed by atoms with Gasteiger partial charge >= 0.3 is 0 Å². The van der Waals surface area contributed by atoms with Crippen LogP contribution < -0.4 is 4.90 Å². The summed E-state index contributed by atoms with van der Waals surface area (Å²) in [6, 6.07) is 0. The summed E-state index contributed by atoms with van der Waals surface area (Å²) in [5.74, 6) is 1.65. The van der Waals surface area contributed by atoms with Crippen LogP contribution in [0.3, 0.4) is 0 Å². The summed E-state index contributed by atoms with van der Waals surface area (Å²) < 4.78 is 4.31. The van der Waals surface area contributed by atoms with Gasteiger partial charge in [-0.3, -0.25) is 4.79 Å². The number of carbonyl (C=O) groups is 1. The number of piperidine rings is 1. The molecule has 0 unspecified atom stereocenters. The smallest absolute Gasteiger partial charge is 0.205 e. The van der Waals surface area contributed by atoms with Gasteiger partial charge in [0.05, 0.1) is 0 Å². The molecule has 1 fully saturated rings. The lowest BCUT2D eigenvalue weighted by Gasteiger charge is -2.24. The Kier molecular flexibility index (Phi) is 3.00. The molecule has 0 aromatic carbocycles. The summed E-state index contributed by atoms with van der Waals surface area (Å²) in [5.41, 5.74) is 0. The van der Waals surface area contributed by atoms with Gasteiger partial charge in [0.1, 0.15) is 11.6 Å². The highest BCUT2D eigenvalue weighted by Gasteiger charge is 2.19. The Morgan fingerprint density at radius 2 is 2.00 bits per heavy atom. The van der Waals surface area contributed by atoms with Crippen LogP contribution in [0.2, 0.25) is 0 Å². The summed E-state index contributed by atoms with van der Waals surface area (Å²) in [6.07, 6.45) is 1.30. The molecule has 1 aromatic heterocycles. The number of aromatic nitrogens is 2. The van der Waals surface area contributed by atoms with Crippen molar-refractivity contribution < 1.29 is 4.79 Å². The molecule has 0 bridgehead atoms. The van der Waals surface area contributed by atoms with Crippen molar-refractivity contribution >= 4 is 22.4 Å². The first-order valence-corrected chi connectivity index (χ1v) is 6.04. The summed E-state index contributed by atoms with van der Waals surface area (Å²) >= 11 is 1.44. The van der Waals surface area contributed by atoms with E-state index in [0.717, 1.165) is 24.0 Å². The fourth-order valence-corrected chi connectivity index (χ4v) is 2.40. The SMILES string of the molecule is CC(C)c1nsc(N2CCC(=O)CC2)n1. The zero-order valence-electron chi connectivity index (χ0n) is 9.06. The first kappa shape index (κ1) is 10.5. The van der Waals surface area contributed by atoms with Crippen molar-refractivity contribution in [3.63, 3.8) is 0 Å². The molecule has 0 radical (unpaired) electrons. The molecule has 15 heavy (non-hydrogen) atoms. The van der Waals surface area contributed by atoms with E-state index in [4.69, 9.17) is 0 Å². The van der Waals surface area contributed by atoms with Crippen LogP contribution in [0, 0.1) is 0 Å². The van der Waals surface area contributed by atoms with Gasteiger partial charge in [0.15, 0.2) is 0 Å². The lowest BCUT2D eigenvalue weighted by molar-refractivity contribution is -0.119. The maximum atomic E-state index is 11.1.